The van der Waals surface area contributed by atoms with Crippen LogP contribution in [0.25, 0.3) is 0 Å². The second-order valence-electron chi connectivity index (χ2n) is 3.66. The summed E-state index contributed by atoms with van der Waals surface area (Å²) in [4.78, 5) is 7.87. The summed E-state index contributed by atoms with van der Waals surface area (Å²) < 4.78 is 14.7. The van der Waals surface area contributed by atoms with Crippen molar-refractivity contribution in [2.45, 2.75) is 6.04 Å². The maximum absolute atomic E-state index is 14.1. The van der Waals surface area contributed by atoms with E-state index in [1.807, 2.05) is 0 Å². The van der Waals surface area contributed by atoms with Gasteiger partial charge in [-0.2, -0.15) is 0 Å². The molecule has 0 bridgehead atoms. The number of halogens is 3. The topological polar surface area (TPSA) is 37.8 Å². The Labute approximate surface area is 118 Å². The van der Waals surface area contributed by atoms with Gasteiger partial charge in [0, 0.05) is 28.0 Å². The first-order valence-electron chi connectivity index (χ1n) is 5.20. The number of aromatic nitrogens is 2. The summed E-state index contributed by atoms with van der Waals surface area (Å²) in [5.74, 6) is -0.450. The van der Waals surface area contributed by atoms with Gasteiger partial charge < -0.3 is 5.32 Å². The van der Waals surface area contributed by atoms with Crippen LogP contribution in [0.5, 0.6) is 0 Å². The molecular weight excluding hydrogens is 321 g/mol. The quantitative estimate of drug-likeness (QED) is 0.877. The van der Waals surface area contributed by atoms with Crippen LogP contribution in [-0.4, -0.2) is 17.0 Å². The van der Waals surface area contributed by atoms with Crippen molar-refractivity contribution in [2.24, 2.45) is 0 Å². The van der Waals surface area contributed by atoms with Crippen molar-refractivity contribution in [1.82, 2.24) is 15.3 Å². The maximum atomic E-state index is 14.1. The zero-order chi connectivity index (χ0) is 13.1. The van der Waals surface area contributed by atoms with Gasteiger partial charge in [-0.3, -0.25) is 0 Å². The van der Waals surface area contributed by atoms with E-state index in [1.54, 1.807) is 31.6 Å². The van der Waals surface area contributed by atoms with Crippen LogP contribution in [0.1, 0.15) is 17.2 Å². The Balaban J connectivity index is 2.50. The van der Waals surface area contributed by atoms with E-state index in [1.165, 1.54) is 6.33 Å². The van der Waals surface area contributed by atoms with E-state index in [2.05, 4.69) is 31.2 Å². The van der Waals surface area contributed by atoms with E-state index < -0.39 is 5.82 Å². The molecule has 0 spiro atoms. The molecule has 6 heteroatoms. The first-order chi connectivity index (χ1) is 8.65. The lowest BCUT2D eigenvalue weighted by molar-refractivity contribution is 0.574. The van der Waals surface area contributed by atoms with Gasteiger partial charge in [0.1, 0.15) is 12.1 Å². The number of nitrogens with one attached hydrogen (secondary N) is 1. The van der Waals surface area contributed by atoms with Gasteiger partial charge >= 0.3 is 0 Å². The fraction of sp³-hybridized carbons (Fsp3) is 0.167. The molecule has 94 valence electrons. The highest BCUT2D eigenvalue weighted by Gasteiger charge is 2.19. The Morgan fingerprint density at radius 2 is 2.00 bits per heavy atom. The van der Waals surface area contributed by atoms with Crippen molar-refractivity contribution < 1.29 is 4.39 Å². The molecule has 0 saturated heterocycles. The van der Waals surface area contributed by atoms with Gasteiger partial charge in [0.2, 0.25) is 0 Å². The number of hydrogen-bond acceptors (Lipinski definition) is 3. The molecule has 0 aliphatic carbocycles. The average Bonchev–Trinajstić information content (AvgIpc) is 2.41. The average molecular weight is 331 g/mol. The molecule has 0 radical (unpaired) electrons. The predicted octanol–water partition coefficient (Wildman–Crippen LogP) is 3.34. The Morgan fingerprint density at radius 3 is 2.61 bits per heavy atom. The van der Waals surface area contributed by atoms with Gasteiger partial charge in [-0.25, -0.2) is 14.4 Å². The summed E-state index contributed by atoms with van der Waals surface area (Å²) in [6.45, 7) is 0. The lowest BCUT2D eigenvalue weighted by Gasteiger charge is -2.17. The second kappa shape index (κ2) is 5.73. The Bertz CT molecular complexity index is 551. The standard InChI is InChI=1S/C12H10BrClFN3/c1-16-12(7-4-17-6-18-5-7)8-2-3-9(13)10(14)11(8)15/h2-6,12,16H,1H3. The van der Waals surface area contributed by atoms with Crippen molar-refractivity contribution >= 4 is 27.5 Å². The van der Waals surface area contributed by atoms with Crippen LogP contribution in [0.15, 0.2) is 35.3 Å². The Hall–Kier alpha value is -1.04. The maximum Gasteiger partial charge on any atom is 0.148 e. The lowest BCUT2D eigenvalue weighted by atomic mass is 10.0. The molecule has 3 nitrogen and oxygen atoms in total. The van der Waals surface area contributed by atoms with Crippen molar-refractivity contribution in [2.75, 3.05) is 7.05 Å². The molecule has 0 amide bonds. The Kier molecular flexibility index (Phi) is 4.27. The van der Waals surface area contributed by atoms with E-state index in [9.17, 15) is 4.39 Å². The zero-order valence-electron chi connectivity index (χ0n) is 9.49. The van der Waals surface area contributed by atoms with Crippen molar-refractivity contribution in [3.63, 3.8) is 0 Å². The third-order valence-electron chi connectivity index (χ3n) is 2.58. The van der Waals surface area contributed by atoms with E-state index in [4.69, 9.17) is 11.6 Å². The molecule has 1 aromatic carbocycles. The highest BCUT2D eigenvalue weighted by Crippen LogP contribution is 2.32. The molecular formula is C12H10BrClFN3. The molecule has 1 unspecified atom stereocenters. The fourth-order valence-electron chi connectivity index (χ4n) is 1.73. The summed E-state index contributed by atoms with van der Waals surface area (Å²) in [6, 6.07) is 3.06. The van der Waals surface area contributed by atoms with Crippen molar-refractivity contribution in [1.29, 1.82) is 0 Å². The minimum atomic E-state index is -0.450. The molecule has 0 aliphatic heterocycles. The summed E-state index contributed by atoms with van der Waals surface area (Å²) >= 11 is 9.08. The molecule has 0 fully saturated rings. The van der Waals surface area contributed by atoms with E-state index >= 15 is 0 Å². The summed E-state index contributed by atoms with van der Waals surface area (Å²) in [7, 11) is 1.74. The molecule has 2 rings (SSSR count). The lowest BCUT2D eigenvalue weighted by Crippen LogP contribution is -2.19. The molecule has 1 atom stereocenters. The van der Waals surface area contributed by atoms with Crippen LogP contribution in [0.3, 0.4) is 0 Å². The molecule has 18 heavy (non-hydrogen) atoms. The SMILES string of the molecule is CNC(c1cncnc1)c1ccc(Br)c(Cl)c1F. The van der Waals surface area contributed by atoms with Crippen LogP contribution >= 0.6 is 27.5 Å². The largest absolute Gasteiger partial charge is 0.309 e. The highest BCUT2D eigenvalue weighted by molar-refractivity contribution is 9.10. The normalized spacial score (nSPS) is 12.4. The molecule has 0 aliphatic rings. The Morgan fingerprint density at radius 1 is 1.33 bits per heavy atom. The smallest absolute Gasteiger partial charge is 0.148 e. The van der Waals surface area contributed by atoms with Gasteiger partial charge in [-0.05, 0) is 29.0 Å². The van der Waals surface area contributed by atoms with Crippen molar-refractivity contribution in [3.8, 4) is 0 Å². The molecule has 0 saturated carbocycles. The minimum Gasteiger partial charge on any atom is -0.309 e. The van der Waals surface area contributed by atoms with Crippen LogP contribution in [0.4, 0.5) is 4.39 Å². The van der Waals surface area contributed by atoms with E-state index in [-0.39, 0.29) is 11.1 Å². The number of rotatable bonds is 3. The van der Waals surface area contributed by atoms with Gasteiger partial charge in [-0.1, -0.05) is 17.7 Å². The van der Waals surface area contributed by atoms with Crippen LogP contribution < -0.4 is 5.32 Å². The predicted molar refractivity (Wildman–Crippen MR) is 72.0 cm³/mol. The van der Waals surface area contributed by atoms with Crippen LogP contribution in [0.2, 0.25) is 5.02 Å². The van der Waals surface area contributed by atoms with Crippen LogP contribution in [-0.2, 0) is 0 Å². The fourth-order valence-corrected chi connectivity index (χ4v) is 2.20. The monoisotopic (exact) mass is 329 g/mol. The summed E-state index contributed by atoms with van der Waals surface area (Å²) in [6.07, 6.45) is 4.72. The molecule has 2 aromatic rings. The van der Waals surface area contributed by atoms with E-state index in [0.29, 0.717) is 10.0 Å². The van der Waals surface area contributed by atoms with Gasteiger partial charge in [0.25, 0.3) is 0 Å². The molecule has 1 heterocycles. The summed E-state index contributed by atoms with van der Waals surface area (Å²) in [5.41, 5.74) is 1.23. The number of hydrogen-bond donors (Lipinski definition) is 1. The molecule has 1 N–H and O–H groups in total. The van der Waals surface area contributed by atoms with Crippen molar-refractivity contribution in [3.05, 3.63) is 57.3 Å². The van der Waals surface area contributed by atoms with Crippen LogP contribution in [0, 0.1) is 5.82 Å². The minimum absolute atomic E-state index is 0.0737. The molecule has 1 aromatic heterocycles. The zero-order valence-corrected chi connectivity index (χ0v) is 11.8. The van der Waals surface area contributed by atoms with Gasteiger partial charge in [0.15, 0.2) is 0 Å². The van der Waals surface area contributed by atoms with Gasteiger partial charge in [0.05, 0.1) is 11.1 Å². The number of nitrogens with zero attached hydrogens (tertiary/aromatic N) is 2. The second-order valence-corrected chi connectivity index (χ2v) is 4.89. The first-order valence-corrected chi connectivity index (χ1v) is 6.37. The number of benzene rings is 1. The van der Waals surface area contributed by atoms with Gasteiger partial charge in [-0.15, -0.1) is 0 Å². The third kappa shape index (κ3) is 2.53. The summed E-state index contributed by atoms with van der Waals surface area (Å²) in [5, 5.41) is 3.10. The highest BCUT2D eigenvalue weighted by atomic mass is 79.9. The van der Waals surface area contributed by atoms with E-state index in [0.717, 1.165) is 5.56 Å². The third-order valence-corrected chi connectivity index (χ3v) is 3.84. The first kappa shape index (κ1) is 13.4.